The first-order valence-corrected chi connectivity index (χ1v) is 7.12. The monoisotopic (exact) mass is 310 g/mol. The van der Waals surface area contributed by atoms with E-state index in [9.17, 15) is 0 Å². The Bertz CT molecular complexity index is 539. The van der Waals surface area contributed by atoms with Crippen LogP contribution in [0.4, 0.5) is 5.82 Å². The van der Waals surface area contributed by atoms with Crippen LogP contribution in [-0.4, -0.2) is 42.7 Å². The van der Waals surface area contributed by atoms with E-state index in [2.05, 4.69) is 48.4 Å². The summed E-state index contributed by atoms with van der Waals surface area (Å²) in [6.07, 6.45) is 3.58. The number of tetrazole rings is 1. The summed E-state index contributed by atoms with van der Waals surface area (Å²) in [6, 6.07) is 4.47. The fourth-order valence-electron chi connectivity index (χ4n) is 2.55. The zero-order chi connectivity index (χ0) is 12.5. The average Bonchev–Trinajstić information content (AvgIpc) is 2.95. The van der Waals surface area contributed by atoms with Crippen molar-refractivity contribution in [3.05, 3.63) is 12.1 Å². The minimum absolute atomic E-state index is 0.528. The molecule has 0 aliphatic carbocycles. The summed E-state index contributed by atoms with van der Waals surface area (Å²) in [5.74, 6) is 0.963. The number of aromatic nitrogens is 5. The third-order valence-electron chi connectivity index (χ3n) is 3.32. The number of hydrogen-bond donors (Lipinski definition) is 0. The number of nitrogens with zero attached hydrogens (tertiary/aromatic N) is 6. The number of hydrogen-bond acceptors (Lipinski definition) is 5. The molecule has 0 aromatic carbocycles. The maximum atomic E-state index is 4.47. The highest BCUT2D eigenvalue weighted by molar-refractivity contribution is 9.09. The molecule has 1 saturated heterocycles. The molecule has 0 spiro atoms. The number of anilines is 1. The van der Waals surface area contributed by atoms with Crippen molar-refractivity contribution in [3.8, 4) is 0 Å². The molecule has 1 fully saturated rings. The fourth-order valence-corrected chi connectivity index (χ4v) is 2.98. The third kappa shape index (κ3) is 2.19. The Morgan fingerprint density at radius 3 is 3.22 bits per heavy atom. The van der Waals surface area contributed by atoms with Gasteiger partial charge in [0.25, 0.3) is 0 Å². The lowest BCUT2D eigenvalue weighted by molar-refractivity contribution is 0.600. The minimum atomic E-state index is 0.528. The maximum Gasteiger partial charge on any atom is 0.200 e. The molecule has 2 unspecified atom stereocenters. The van der Waals surface area contributed by atoms with Gasteiger partial charge < -0.3 is 4.90 Å². The molecule has 96 valence electrons. The fraction of sp³-hybridized carbons (Fsp3) is 0.636. The predicted octanol–water partition coefficient (Wildman–Crippen LogP) is 1.66. The Kier molecular flexibility index (Phi) is 3.15. The van der Waals surface area contributed by atoms with E-state index >= 15 is 0 Å². The summed E-state index contributed by atoms with van der Waals surface area (Å²) < 4.78 is 1.49. The molecule has 0 amide bonds. The number of rotatable bonds is 3. The normalized spacial score (nSPS) is 21.7. The average molecular weight is 311 g/mol. The lowest BCUT2D eigenvalue weighted by atomic mass is 10.1. The summed E-state index contributed by atoms with van der Waals surface area (Å²) >= 11 is 3.63. The van der Waals surface area contributed by atoms with E-state index < -0.39 is 0 Å². The first-order valence-electron chi connectivity index (χ1n) is 6.20. The molecule has 1 aliphatic heterocycles. The van der Waals surface area contributed by atoms with Crippen molar-refractivity contribution in [2.24, 2.45) is 0 Å². The Morgan fingerprint density at radius 1 is 1.50 bits per heavy atom. The van der Waals surface area contributed by atoms with Gasteiger partial charge in [-0.25, -0.2) is 0 Å². The second kappa shape index (κ2) is 4.79. The van der Waals surface area contributed by atoms with E-state index in [1.807, 2.05) is 12.1 Å². The van der Waals surface area contributed by atoms with E-state index in [1.54, 1.807) is 0 Å². The van der Waals surface area contributed by atoms with Crippen LogP contribution in [0.5, 0.6) is 0 Å². The summed E-state index contributed by atoms with van der Waals surface area (Å²) in [5.41, 5.74) is 0.684. The molecule has 18 heavy (non-hydrogen) atoms. The van der Waals surface area contributed by atoms with Gasteiger partial charge in [-0.1, -0.05) is 22.9 Å². The molecule has 3 rings (SSSR count). The van der Waals surface area contributed by atoms with Crippen LogP contribution in [-0.2, 0) is 0 Å². The second-order valence-corrected chi connectivity index (χ2v) is 6.29. The Labute approximate surface area is 113 Å². The molecule has 2 atom stereocenters. The highest BCUT2D eigenvalue weighted by atomic mass is 79.9. The molecule has 3 heterocycles. The summed E-state index contributed by atoms with van der Waals surface area (Å²) in [5, 5.41) is 15.8. The second-order valence-electron chi connectivity index (χ2n) is 4.72. The topological polar surface area (TPSA) is 59.2 Å². The van der Waals surface area contributed by atoms with Gasteiger partial charge in [-0.2, -0.15) is 0 Å². The molecule has 6 nitrogen and oxygen atoms in total. The number of halogens is 1. The summed E-state index contributed by atoms with van der Waals surface area (Å²) in [6.45, 7) is 3.25. The van der Waals surface area contributed by atoms with Crippen LogP contribution < -0.4 is 4.90 Å². The molecular formula is C11H15BrN6. The molecule has 7 heteroatoms. The van der Waals surface area contributed by atoms with Crippen LogP contribution >= 0.6 is 15.9 Å². The van der Waals surface area contributed by atoms with E-state index in [0.717, 1.165) is 18.8 Å². The van der Waals surface area contributed by atoms with Crippen molar-refractivity contribution in [3.63, 3.8) is 0 Å². The van der Waals surface area contributed by atoms with E-state index in [-0.39, 0.29) is 0 Å². The minimum Gasteiger partial charge on any atom is -0.352 e. The van der Waals surface area contributed by atoms with Crippen LogP contribution in [0.25, 0.3) is 5.65 Å². The molecule has 0 saturated carbocycles. The SMILES string of the molecule is CC(Br)CC1CCCN1c1ccc2nnnn2n1. The smallest absolute Gasteiger partial charge is 0.200 e. The quantitative estimate of drug-likeness (QED) is 0.807. The van der Waals surface area contributed by atoms with Crippen molar-refractivity contribution in [2.75, 3.05) is 11.4 Å². The van der Waals surface area contributed by atoms with E-state index in [4.69, 9.17) is 0 Å². The van der Waals surface area contributed by atoms with Crippen LogP contribution in [0.1, 0.15) is 26.2 Å². The van der Waals surface area contributed by atoms with Gasteiger partial charge in [0.2, 0.25) is 0 Å². The highest BCUT2D eigenvalue weighted by Crippen LogP contribution is 2.27. The van der Waals surface area contributed by atoms with Crippen LogP contribution in [0.3, 0.4) is 0 Å². The molecule has 0 N–H and O–H groups in total. The molecule has 2 aromatic rings. The van der Waals surface area contributed by atoms with Gasteiger partial charge in [-0.05, 0) is 41.8 Å². The molecule has 2 aromatic heterocycles. The van der Waals surface area contributed by atoms with Gasteiger partial charge in [-0.15, -0.1) is 14.8 Å². The Balaban J connectivity index is 1.87. The van der Waals surface area contributed by atoms with E-state index in [0.29, 0.717) is 16.5 Å². The number of alkyl halides is 1. The van der Waals surface area contributed by atoms with Gasteiger partial charge in [-0.3, -0.25) is 0 Å². The van der Waals surface area contributed by atoms with Crippen LogP contribution in [0.15, 0.2) is 12.1 Å². The summed E-state index contributed by atoms with van der Waals surface area (Å²) in [4.78, 5) is 2.89. The number of fused-ring (bicyclic) bond motifs is 1. The predicted molar refractivity (Wildman–Crippen MR) is 72.0 cm³/mol. The molecule has 0 bridgehead atoms. The van der Waals surface area contributed by atoms with Gasteiger partial charge >= 0.3 is 0 Å². The molecule has 0 radical (unpaired) electrons. The van der Waals surface area contributed by atoms with Crippen molar-refractivity contribution >= 4 is 27.4 Å². The van der Waals surface area contributed by atoms with Crippen LogP contribution in [0.2, 0.25) is 0 Å². The zero-order valence-electron chi connectivity index (χ0n) is 10.2. The van der Waals surface area contributed by atoms with Gasteiger partial charge in [0.05, 0.1) is 0 Å². The standard InChI is InChI=1S/C11H15BrN6/c1-8(12)7-9-3-2-6-17(9)11-5-4-10-13-15-16-18(10)14-11/h4-5,8-9H,2-3,6-7H2,1H3. The van der Waals surface area contributed by atoms with Crippen molar-refractivity contribution < 1.29 is 0 Å². The largest absolute Gasteiger partial charge is 0.352 e. The zero-order valence-corrected chi connectivity index (χ0v) is 11.8. The van der Waals surface area contributed by atoms with E-state index in [1.165, 1.54) is 17.5 Å². The highest BCUT2D eigenvalue weighted by Gasteiger charge is 2.26. The first-order chi connectivity index (χ1) is 8.74. The molecular weight excluding hydrogens is 296 g/mol. The Hall–Kier alpha value is -1.24. The van der Waals surface area contributed by atoms with Crippen LogP contribution in [0, 0.1) is 0 Å². The lowest BCUT2D eigenvalue weighted by Gasteiger charge is -2.26. The summed E-state index contributed by atoms with van der Waals surface area (Å²) in [7, 11) is 0. The third-order valence-corrected chi connectivity index (χ3v) is 3.70. The Morgan fingerprint density at radius 2 is 2.39 bits per heavy atom. The van der Waals surface area contributed by atoms with Gasteiger partial charge in [0.15, 0.2) is 11.5 Å². The van der Waals surface area contributed by atoms with Crippen molar-refractivity contribution in [2.45, 2.75) is 37.1 Å². The van der Waals surface area contributed by atoms with Crippen molar-refractivity contribution in [1.82, 2.24) is 25.3 Å². The van der Waals surface area contributed by atoms with Gasteiger partial charge in [0.1, 0.15) is 0 Å². The molecule has 1 aliphatic rings. The maximum absolute atomic E-state index is 4.47. The first kappa shape index (κ1) is 11.8. The lowest BCUT2D eigenvalue weighted by Crippen LogP contribution is -2.31. The van der Waals surface area contributed by atoms with Crippen molar-refractivity contribution in [1.29, 1.82) is 0 Å². The van der Waals surface area contributed by atoms with Gasteiger partial charge in [0, 0.05) is 17.4 Å².